The van der Waals surface area contributed by atoms with Gasteiger partial charge in [-0.3, -0.25) is 4.90 Å². The molecule has 1 atom stereocenters. The Bertz CT molecular complexity index is 828. The largest absolute Gasteiger partial charge is 0.338 e. The van der Waals surface area contributed by atoms with Crippen LogP contribution in [0.25, 0.3) is 10.2 Å². The highest BCUT2D eigenvalue weighted by atomic mass is 32.1. The number of nitrogens with zero attached hydrogens (tertiary/aromatic N) is 5. The molecule has 1 unspecified atom stereocenters. The molecule has 1 aliphatic heterocycles. The molecule has 26 heavy (non-hydrogen) atoms. The Morgan fingerprint density at radius 1 is 1.08 bits per heavy atom. The van der Waals surface area contributed by atoms with Gasteiger partial charge in [0.1, 0.15) is 0 Å². The molecule has 1 aromatic carbocycles. The molecule has 5 nitrogen and oxygen atoms in total. The fourth-order valence-corrected chi connectivity index (χ4v) is 4.10. The molecule has 1 saturated heterocycles. The number of fused-ring (bicyclic) bond motifs is 1. The van der Waals surface area contributed by atoms with Gasteiger partial charge in [0.15, 0.2) is 0 Å². The summed E-state index contributed by atoms with van der Waals surface area (Å²) in [6.07, 6.45) is 5.31. The molecule has 4 rings (SSSR count). The predicted molar refractivity (Wildman–Crippen MR) is 114 cm³/mol. The Hall–Kier alpha value is -1.70. The van der Waals surface area contributed by atoms with Crippen LogP contribution in [0.15, 0.2) is 36.7 Å². The molecule has 0 radical (unpaired) electrons. The number of anilines is 1. The van der Waals surface area contributed by atoms with E-state index in [1.54, 1.807) is 17.6 Å². The van der Waals surface area contributed by atoms with E-state index in [2.05, 4.69) is 69.4 Å². The summed E-state index contributed by atoms with van der Waals surface area (Å²) in [6.45, 7) is 8.33. The maximum Gasteiger partial charge on any atom is 0.225 e. The summed E-state index contributed by atoms with van der Waals surface area (Å²) >= 11 is 5.29. The van der Waals surface area contributed by atoms with E-state index in [1.165, 1.54) is 10.3 Å². The lowest BCUT2D eigenvalue weighted by molar-refractivity contribution is 0.198. The minimum Gasteiger partial charge on any atom is -0.338 e. The van der Waals surface area contributed by atoms with Gasteiger partial charge in [-0.1, -0.05) is 6.07 Å². The molecule has 2 aromatic heterocycles. The van der Waals surface area contributed by atoms with Crippen molar-refractivity contribution < 1.29 is 0 Å². The molecule has 0 aliphatic carbocycles. The van der Waals surface area contributed by atoms with Gasteiger partial charge in [-0.15, -0.1) is 11.3 Å². The number of rotatable bonds is 3. The first-order chi connectivity index (χ1) is 12.7. The van der Waals surface area contributed by atoms with Crippen LogP contribution in [0.5, 0.6) is 0 Å². The summed E-state index contributed by atoms with van der Waals surface area (Å²) in [6, 6.07) is 8.96. The third-order valence-corrected chi connectivity index (χ3v) is 5.65. The van der Waals surface area contributed by atoms with Crippen molar-refractivity contribution in [1.82, 2.24) is 19.9 Å². The lowest BCUT2D eigenvalue weighted by Gasteiger charge is -2.38. The van der Waals surface area contributed by atoms with Crippen LogP contribution in [0, 0.1) is 6.92 Å². The first kappa shape index (κ1) is 19.1. The number of thiazole rings is 1. The molecule has 0 amide bonds. The number of thiol groups is 1. The monoisotopic (exact) mass is 387 g/mol. The van der Waals surface area contributed by atoms with E-state index in [0.29, 0.717) is 6.04 Å². The SMILES string of the molecule is CS.Cc1nc2cc(C(C)N3CCN(c4ncccn4)CC3)ccc2s1. The Morgan fingerprint density at radius 3 is 2.46 bits per heavy atom. The van der Waals surface area contributed by atoms with Crippen molar-refractivity contribution in [3.63, 3.8) is 0 Å². The summed E-state index contributed by atoms with van der Waals surface area (Å²) in [7, 11) is 0. The standard InChI is InChI=1S/C18H21N5S.CH4S/c1-13(15-4-5-17-16(12-15)21-14(2)24-17)22-8-10-23(11-9-22)18-19-6-3-7-20-18;1-2/h3-7,12-13H,8-11H2,1-2H3;2H,1H3. The highest BCUT2D eigenvalue weighted by molar-refractivity contribution is 7.79. The van der Waals surface area contributed by atoms with Crippen LogP contribution in [0.1, 0.15) is 23.5 Å². The lowest BCUT2D eigenvalue weighted by atomic mass is 10.1. The molecule has 138 valence electrons. The molecule has 0 N–H and O–H groups in total. The second-order valence-corrected chi connectivity index (χ2v) is 7.44. The van der Waals surface area contributed by atoms with E-state index in [1.807, 2.05) is 18.5 Å². The van der Waals surface area contributed by atoms with Gasteiger partial charge in [-0.25, -0.2) is 15.0 Å². The molecule has 0 spiro atoms. The third-order valence-electron chi connectivity index (χ3n) is 4.70. The van der Waals surface area contributed by atoms with Gasteiger partial charge in [-0.05, 0) is 43.9 Å². The topological polar surface area (TPSA) is 45.2 Å². The van der Waals surface area contributed by atoms with Crippen LogP contribution in [-0.4, -0.2) is 52.3 Å². The average molecular weight is 388 g/mol. The second kappa shape index (κ2) is 8.79. The first-order valence-electron chi connectivity index (χ1n) is 8.78. The average Bonchev–Trinajstić information content (AvgIpc) is 3.09. The van der Waals surface area contributed by atoms with Crippen molar-refractivity contribution in [3.05, 3.63) is 47.2 Å². The van der Waals surface area contributed by atoms with Gasteiger partial charge in [0.2, 0.25) is 5.95 Å². The van der Waals surface area contributed by atoms with E-state index in [0.717, 1.165) is 42.7 Å². The number of aromatic nitrogens is 3. The van der Waals surface area contributed by atoms with Crippen molar-refractivity contribution in [2.45, 2.75) is 19.9 Å². The van der Waals surface area contributed by atoms with Crippen molar-refractivity contribution in [1.29, 1.82) is 0 Å². The van der Waals surface area contributed by atoms with Gasteiger partial charge in [-0.2, -0.15) is 12.6 Å². The molecule has 3 heterocycles. The maximum absolute atomic E-state index is 4.63. The van der Waals surface area contributed by atoms with Gasteiger partial charge >= 0.3 is 0 Å². The van der Waals surface area contributed by atoms with Gasteiger partial charge in [0, 0.05) is 44.6 Å². The maximum atomic E-state index is 4.63. The predicted octanol–water partition coefficient (Wildman–Crippen LogP) is 3.82. The minimum atomic E-state index is 0.398. The van der Waals surface area contributed by atoms with Crippen molar-refractivity contribution in [3.8, 4) is 0 Å². The molecular formula is C19H25N5S2. The van der Waals surface area contributed by atoms with E-state index in [4.69, 9.17) is 0 Å². The van der Waals surface area contributed by atoms with Crippen LogP contribution >= 0.6 is 24.0 Å². The van der Waals surface area contributed by atoms with E-state index < -0.39 is 0 Å². The fourth-order valence-electron chi connectivity index (χ4n) is 3.29. The zero-order valence-corrected chi connectivity index (χ0v) is 17.2. The summed E-state index contributed by atoms with van der Waals surface area (Å²) in [5, 5.41) is 1.13. The fraction of sp³-hybridized carbons (Fsp3) is 0.421. The summed E-state index contributed by atoms with van der Waals surface area (Å²) in [4.78, 5) is 18.1. The Kier molecular flexibility index (Phi) is 6.45. The third kappa shape index (κ3) is 4.16. The molecule has 0 bridgehead atoms. The van der Waals surface area contributed by atoms with Crippen LogP contribution in [0.3, 0.4) is 0 Å². The molecule has 1 aliphatic rings. The number of aryl methyl sites for hydroxylation is 1. The highest BCUT2D eigenvalue weighted by Gasteiger charge is 2.23. The zero-order valence-electron chi connectivity index (χ0n) is 15.5. The van der Waals surface area contributed by atoms with Crippen LogP contribution in [-0.2, 0) is 0 Å². The van der Waals surface area contributed by atoms with Gasteiger partial charge in [0.25, 0.3) is 0 Å². The minimum absolute atomic E-state index is 0.398. The number of benzene rings is 1. The Labute approximate surface area is 164 Å². The number of piperazine rings is 1. The zero-order chi connectivity index (χ0) is 18.5. The van der Waals surface area contributed by atoms with E-state index in [-0.39, 0.29) is 0 Å². The van der Waals surface area contributed by atoms with E-state index in [9.17, 15) is 0 Å². The first-order valence-corrected chi connectivity index (χ1v) is 10.5. The highest BCUT2D eigenvalue weighted by Crippen LogP contribution is 2.28. The Morgan fingerprint density at radius 2 is 1.77 bits per heavy atom. The van der Waals surface area contributed by atoms with Gasteiger partial charge in [0.05, 0.1) is 15.2 Å². The van der Waals surface area contributed by atoms with Crippen molar-refractivity contribution >= 4 is 40.1 Å². The normalized spacial score (nSPS) is 16.2. The van der Waals surface area contributed by atoms with E-state index >= 15 is 0 Å². The molecule has 0 saturated carbocycles. The van der Waals surface area contributed by atoms with Crippen molar-refractivity contribution in [2.24, 2.45) is 0 Å². The van der Waals surface area contributed by atoms with Crippen LogP contribution in [0.2, 0.25) is 0 Å². The number of hydrogen-bond acceptors (Lipinski definition) is 7. The quantitative estimate of drug-likeness (QED) is 0.692. The molecule has 1 fully saturated rings. The van der Waals surface area contributed by atoms with Crippen LogP contribution < -0.4 is 4.90 Å². The Balaban J connectivity index is 0.000000948. The number of hydrogen-bond donors (Lipinski definition) is 1. The lowest BCUT2D eigenvalue weighted by Crippen LogP contribution is -2.47. The smallest absolute Gasteiger partial charge is 0.225 e. The summed E-state index contributed by atoms with van der Waals surface area (Å²) < 4.78 is 1.27. The summed E-state index contributed by atoms with van der Waals surface area (Å²) in [5.41, 5.74) is 2.47. The second-order valence-electron chi connectivity index (χ2n) is 6.21. The van der Waals surface area contributed by atoms with Crippen molar-refractivity contribution in [2.75, 3.05) is 37.3 Å². The summed E-state index contributed by atoms with van der Waals surface area (Å²) in [5.74, 6) is 0.837. The van der Waals surface area contributed by atoms with Gasteiger partial charge < -0.3 is 4.90 Å². The van der Waals surface area contributed by atoms with Crippen LogP contribution in [0.4, 0.5) is 5.95 Å². The molecule has 7 heteroatoms. The molecular weight excluding hydrogens is 362 g/mol. The molecule has 3 aromatic rings.